The van der Waals surface area contributed by atoms with Crippen LogP contribution >= 0.6 is 11.3 Å². The van der Waals surface area contributed by atoms with Gasteiger partial charge in [-0.1, -0.05) is 13.0 Å². The van der Waals surface area contributed by atoms with Crippen LogP contribution in [-0.2, 0) is 11.2 Å². The van der Waals surface area contributed by atoms with Crippen LogP contribution in [0.2, 0.25) is 0 Å². The van der Waals surface area contributed by atoms with Gasteiger partial charge in [0.2, 0.25) is 5.91 Å². The molecule has 0 N–H and O–H groups in total. The molecule has 3 heterocycles. The minimum atomic E-state index is 0.350. The molecule has 1 amide bonds. The molecule has 2 saturated heterocycles. The highest BCUT2D eigenvalue weighted by Crippen LogP contribution is 2.30. The largest absolute Gasteiger partial charge is 0.338 e. The van der Waals surface area contributed by atoms with Gasteiger partial charge in [-0.25, -0.2) is 0 Å². The Bertz CT molecular complexity index is 459. The van der Waals surface area contributed by atoms with E-state index in [0.717, 1.165) is 19.5 Å². The minimum Gasteiger partial charge on any atom is -0.338 e. The minimum absolute atomic E-state index is 0.350. The van der Waals surface area contributed by atoms with Gasteiger partial charge in [0.1, 0.15) is 0 Å². The Morgan fingerprint density at radius 3 is 2.86 bits per heavy atom. The van der Waals surface area contributed by atoms with E-state index in [0.29, 0.717) is 24.4 Å². The normalized spacial score (nSPS) is 26.6. The summed E-state index contributed by atoms with van der Waals surface area (Å²) in [4.78, 5) is 18.4. The maximum Gasteiger partial charge on any atom is 0.222 e. The number of carbonyl (C=O) groups excluding carboxylic acids is 1. The Kier molecular flexibility index (Phi) is 4.96. The van der Waals surface area contributed by atoms with Crippen molar-refractivity contribution in [2.24, 2.45) is 0 Å². The average Bonchev–Trinajstić information content (AvgIpc) is 3.22. The van der Waals surface area contributed by atoms with Crippen molar-refractivity contribution in [2.75, 3.05) is 19.6 Å². The Hall–Kier alpha value is -0.870. The molecule has 2 aliphatic rings. The summed E-state index contributed by atoms with van der Waals surface area (Å²) in [6.45, 7) is 5.32. The zero-order chi connectivity index (χ0) is 14.7. The summed E-state index contributed by atoms with van der Waals surface area (Å²) >= 11 is 1.86. The molecule has 0 unspecified atom stereocenters. The first-order chi connectivity index (χ1) is 10.3. The van der Waals surface area contributed by atoms with E-state index in [2.05, 4.69) is 27.3 Å². The second kappa shape index (κ2) is 6.93. The molecule has 4 heteroatoms. The van der Waals surface area contributed by atoms with Gasteiger partial charge in [0.15, 0.2) is 0 Å². The highest BCUT2D eigenvalue weighted by molar-refractivity contribution is 7.09. The van der Waals surface area contributed by atoms with Gasteiger partial charge in [-0.15, -0.1) is 11.3 Å². The molecule has 0 saturated carbocycles. The number of nitrogens with zero attached hydrogens (tertiary/aromatic N) is 2. The van der Waals surface area contributed by atoms with E-state index in [1.807, 2.05) is 18.3 Å². The van der Waals surface area contributed by atoms with Crippen LogP contribution in [0.1, 0.15) is 43.9 Å². The number of thiophene rings is 1. The second-order valence-corrected chi connectivity index (χ2v) is 7.26. The molecule has 2 fully saturated rings. The molecule has 1 aromatic rings. The van der Waals surface area contributed by atoms with Gasteiger partial charge in [-0.2, -0.15) is 0 Å². The fraction of sp³-hybridized carbons (Fsp3) is 0.706. The summed E-state index contributed by atoms with van der Waals surface area (Å²) in [7, 11) is 0. The fourth-order valence-corrected chi connectivity index (χ4v) is 4.68. The first-order valence-electron chi connectivity index (χ1n) is 8.35. The molecule has 0 aromatic carbocycles. The molecule has 0 radical (unpaired) electrons. The van der Waals surface area contributed by atoms with E-state index in [4.69, 9.17) is 0 Å². The topological polar surface area (TPSA) is 23.6 Å². The van der Waals surface area contributed by atoms with Crippen molar-refractivity contribution in [1.82, 2.24) is 9.80 Å². The van der Waals surface area contributed by atoms with Crippen LogP contribution < -0.4 is 0 Å². The van der Waals surface area contributed by atoms with Crippen LogP contribution in [0.25, 0.3) is 0 Å². The van der Waals surface area contributed by atoms with Crippen LogP contribution in [0.4, 0.5) is 0 Å². The van der Waals surface area contributed by atoms with Crippen molar-refractivity contribution in [1.29, 1.82) is 0 Å². The van der Waals surface area contributed by atoms with E-state index >= 15 is 0 Å². The lowest BCUT2D eigenvalue weighted by molar-refractivity contribution is -0.132. The highest BCUT2D eigenvalue weighted by atomic mass is 32.1. The first kappa shape index (κ1) is 15.0. The number of amides is 1. The van der Waals surface area contributed by atoms with Crippen LogP contribution in [0, 0.1) is 0 Å². The number of rotatable bonds is 5. The van der Waals surface area contributed by atoms with Crippen LogP contribution in [0.5, 0.6) is 0 Å². The maximum atomic E-state index is 12.1. The van der Waals surface area contributed by atoms with E-state index in [1.54, 1.807) is 0 Å². The Labute approximate surface area is 131 Å². The zero-order valence-electron chi connectivity index (χ0n) is 13.0. The van der Waals surface area contributed by atoms with Gasteiger partial charge in [0, 0.05) is 36.5 Å². The van der Waals surface area contributed by atoms with Gasteiger partial charge in [-0.05, 0) is 50.1 Å². The van der Waals surface area contributed by atoms with Crippen molar-refractivity contribution in [3.8, 4) is 0 Å². The molecular weight excluding hydrogens is 280 g/mol. The van der Waals surface area contributed by atoms with E-state index in [9.17, 15) is 4.79 Å². The van der Waals surface area contributed by atoms with Gasteiger partial charge >= 0.3 is 0 Å². The van der Waals surface area contributed by atoms with Crippen molar-refractivity contribution >= 4 is 17.2 Å². The quantitative estimate of drug-likeness (QED) is 0.834. The highest BCUT2D eigenvalue weighted by Gasteiger charge is 2.38. The summed E-state index contributed by atoms with van der Waals surface area (Å²) in [5, 5.41) is 2.16. The van der Waals surface area contributed by atoms with E-state index in [1.165, 1.54) is 37.1 Å². The van der Waals surface area contributed by atoms with Crippen molar-refractivity contribution < 1.29 is 4.79 Å². The van der Waals surface area contributed by atoms with Gasteiger partial charge < -0.3 is 4.90 Å². The first-order valence-corrected chi connectivity index (χ1v) is 9.23. The van der Waals surface area contributed by atoms with Crippen molar-refractivity contribution in [3.63, 3.8) is 0 Å². The van der Waals surface area contributed by atoms with E-state index < -0.39 is 0 Å². The second-order valence-electron chi connectivity index (χ2n) is 6.23. The number of carbonyl (C=O) groups is 1. The van der Waals surface area contributed by atoms with Crippen LogP contribution in [0.3, 0.4) is 0 Å². The van der Waals surface area contributed by atoms with Crippen LogP contribution in [-0.4, -0.2) is 47.4 Å². The Morgan fingerprint density at radius 2 is 2.10 bits per heavy atom. The summed E-state index contributed by atoms with van der Waals surface area (Å²) in [5.41, 5.74) is 0. The molecule has 116 valence electrons. The molecule has 2 aliphatic heterocycles. The predicted octanol–water partition coefficient (Wildman–Crippen LogP) is 3.16. The molecule has 0 bridgehead atoms. The Morgan fingerprint density at radius 1 is 1.29 bits per heavy atom. The molecule has 3 nitrogen and oxygen atoms in total. The Balaban J connectivity index is 1.61. The SMILES string of the molecule is CCC(=O)N1CCC[C@@H]1[C@@H]1CCCN1CCc1cccs1. The lowest BCUT2D eigenvalue weighted by atomic mass is 10.0. The lowest BCUT2D eigenvalue weighted by Gasteiger charge is -2.35. The summed E-state index contributed by atoms with van der Waals surface area (Å²) in [6, 6.07) is 5.45. The zero-order valence-corrected chi connectivity index (χ0v) is 13.8. The summed E-state index contributed by atoms with van der Waals surface area (Å²) in [6.07, 6.45) is 6.75. The smallest absolute Gasteiger partial charge is 0.222 e. The third kappa shape index (κ3) is 3.32. The van der Waals surface area contributed by atoms with Gasteiger partial charge in [0.25, 0.3) is 0 Å². The molecule has 2 atom stereocenters. The number of hydrogen-bond donors (Lipinski definition) is 0. The molecule has 21 heavy (non-hydrogen) atoms. The van der Waals surface area contributed by atoms with Gasteiger partial charge in [0.05, 0.1) is 0 Å². The number of likely N-dealkylation sites (tertiary alicyclic amines) is 2. The molecule has 0 spiro atoms. The fourth-order valence-electron chi connectivity index (χ4n) is 3.98. The maximum absolute atomic E-state index is 12.1. The standard InChI is InChI=1S/C17H26N2OS/c1-2-17(20)19-11-4-8-16(19)15-7-3-10-18(15)12-9-14-6-5-13-21-14/h5-6,13,15-16H,2-4,7-12H2,1H3/t15-,16+/m0/s1. The van der Waals surface area contributed by atoms with Crippen molar-refractivity contribution in [2.45, 2.75) is 57.5 Å². The lowest BCUT2D eigenvalue weighted by Crippen LogP contribution is -2.48. The summed E-state index contributed by atoms with van der Waals surface area (Å²) in [5.74, 6) is 0.350. The predicted molar refractivity (Wildman–Crippen MR) is 87.6 cm³/mol. The van der Waals surface area contributed by atoms with Crippen molar-refractivity contribution in [3.05, 3.63) is 22.4 Å². The summed E-state index contributed by atoms with van der Waals surface area (Å²) < 4.78 is 0. The third-order valence-corrected chi connectivity index (χ3v) is 5.94. The van der Waals surface area contributed by atoms with Crippen LogP contribution in [0.15, 0.2) is 17.5 Å². The van der Waals surface area contributed by atoms with Gasteiger partial charge in [-0.3, -0.25) is 9.69 Å². The average molecular weight is 306 g/mol. The van der Waals surface area contributed by atoms with E-state index in [-0.39, 0.29) is 0 Å². The molecular formula is C17H26N2OS. The monoisotopic (exact) mass is 306 g/mol. The molecule has 0 aliphatic carbocycles. The number of hydrogen-bond acceptors (Lipinski definition) is 3. The molecule has 3 rings (SSSR count). The third-order valence-electron chi connectivity index (χ3n) is 5.01. The molecule has 1 aromatic heterocycles.